The number of aliphatic hydroxyl groups is 1. The second-order valence-corrected chi connectivity index (χ2v) is 7.31. The van der Waals surface area contributed by atoms with E-state index in [0.29, 0.717) is 35.7 Å². The molecule has 0 bridgehead atoms. The van der Waals surface area contributed by atoms with Crippen molar-refractivity contribution in [1.82, 2.24) is 15.1 Å². The molecule has 5 atom stereocenters. The van der Waals surface area contributed by atoms with Crippen molar-refractivity contribution in [2.45, 2.75) is 49.9 Å². The second kappa shape index (κ2) is 5.01. The van der Waals surface area contributed by atoms with Gasteiger partial charge in [0.1, 0.15) is 5.76 Å². The summed E-state index contributed by atoms with van der Waals surface area (Å²) in [6.07, 6.45) is 10.3. The van der Waals surface area contributed by atoms with Crippen molar-refractivity contribution in [3.63, 3.8) is 0 Å². The third-order valence-corrected chi connectivity index (χ3v) is 6.04. The Morgan fingerprint density at radius 3 is 2.86 bits per heavy atom. The fourth-order valence-electron chi connectivity index (χ4n) is 4.72. The molecule has 1 heterocycles. The number of nitrogens with zero attached hydrogens (tertiary/aromatic N) is 2. The molecule has 0 radical (unpaired) electrons. The lowest BCUT2D eigenvalue weighted by Crippen LogP contribution is -2.51. The topological polar surface area (TPSA) is 55.8 Å². The lowest BCUT2D eigenvalue weighted by molar-refractivity contribution is 0.185. The normalized spacial score (nSPS) is 40.1. The molecular weight excluding hydrogens is 278 g/mol. The van der Waals surface area contributed by atoms with E-state index in [1.807, 2.05) is 18.0 Å². The molecular formula is C17H25N3O2. The summed E-state index contributed by atoms with van der Waals surface area (Å²) in [6, 6.07) is 1.47. The number of urea groups is 1. The molecule has 0 aromatic carbocycles. The zero-order chi connectivity index (χ0) is 15.4. The van der Waals surface area contributed by atoms with Gasteiger partial charge < -0.3 is 15.3 Å². The summed E-state index contributed by atoms with van der Waals surface area (Å²) in [5.74, 6) is 1.29. The number of rotatable bonds is 2. The molecule has 2 N–H and O–H groups in total. The Bertz CT molecular complexity index is 540. The number of hydrogen-bond acceptors (Lipinski definition) is 3. The van der Waals surface area contributed by atoms with Gasteiger partial charge in [0.15, 0.2) is 0 Å². The molecule has 120 valence electrons. The number of carbonyl (C=O) groups excluding carboxylic acids is 1. The molecule has 0 spiro atoms. The molecule has 1 aliphatic heterocycles. The number of likely N-dealkylation sites (tertiary alicyclic amines) is 1. The van der Waals surface area contributed by atoms with Gasteiger partial charge in [-0.2, -0.15) is 0 Å². The molecule has 0 aromatic rings. The fourth-order valence-corrected chi connectivity index (χ4v) is 4.72. The first-order chi connectivity index (χ1) is 10.6. The van der Waals surface area contributed by atoms with Crippen LogP contribution >= 0.6 is 0 Å². The van der Waals surface area contributed by atoms with Gasteiger partial charge in [-0.1, -0.05) is 6.08 Å². The molecule has 2 amide bonds. The molecule has 1 saturated heterocycles. The van der Waals surface area contributed by atoms with Crippen LogP contribution in [-0.2, 0) is 0 Å². The summed E-state index contributed by atoms with van der Waals surface area (Å²) in [4.78, 5) is 16.6. The molecule has 5 heteroatoms. The number of fused-ring (bicyclic) bond motifs is 3. The third kappa shape index (κ3) is 2.14. The highest BCUT2D eigenvalue weighted by Crippen LogP contribution is 2.47. The smallest absolute Gasteiger partial charge is 0.317 e. The molecule has 0 aromatic heterocycles. The molecule has 5 nitrogen and oxygen atoms in total. The van der Waals surface area contributed by atoms with E-state index in [0.717, 1.165) is 25.7 Å². The number of allylic oxidation sites excluding steroid dienone is 1. The number of hydrogen-bond donors (Lipinski definition) is 2. The molecule has 5 unspecified atom stereocenters. The maximum Gasteiger partial charge on any atom is 0.317 e. The lowest BCUT2D eigenvalue weighted by Gasteiger charge is -2.31. The quantitative estimate of drug-likeness (QED) is 0.819. The average Bonchev–Trinajstić information content (AvgIpc) is 3.21. The third-order valence-electron chi connectivity index (χ3n) is 6.04. The fraction of sp³-hybridized carbons (Fsp3) is 0.706. The number of nitrogens with one attached hydrogen (secondary N) is 1. The average molecular weight is 303 g/mol. The summed E-state index contributed by atoms with van der Waals surface area (Å²) < 4.78 is 0. The van der Waals surface area contributed by atoms with E-state index in [-0.39, 0.29) is 12.1 Å². The number of carbonyl (C=O) groups is 1. The zero-order valence-corrected chi connectivity index (χ0v) is 13.3. The minimum atomic E-state index is 0.0744. The van der Waals surface area contributed by atoms with Crippen LogP contribution in [0.25, 0.3) is 0 Å². The number of likely N-dealkylation sites (N-methyl/N-ethyl adjacent to an activating group) is 1. The van der Waals surface area contributed by atoms with Crippen LogP contribution in [0.1, 0.15) is 25.7 Å². The van der Waals surface area contributed by atoms with Crippen LogP contribution in [0, 0.1) is 11.8 Å². The first kappa shape index (κ1) is 14.1. The Kier molecular flexibility index (Phi) is 3.22. The van der Waals surface area contributed by atoms with Gasteiger partial charge in [-0.25, -0.2) is 4.79 Å². The maximum atomic E-state index is 12.4. The molecule has 3 fully saturated rings. The second-order valence-electron chi connectivity index (χ2n) is 7.31. The van der Waals surface area contributed by atoms with E-state index in [4.69, 9.17) is 0 Å². The number of amides is 2. The Labute approximate surface area is 131 Å². The molecule has 2 saturated carbocycles. The minimum absolute atomic E-state index is 0.0744. The van der Waals surface area contributed by atoms with E-state index in [2.05, 4.69) is 23.3 Å². The standard InChI is InChI=1S/C17H25N3O2/c1-19(10-3-4-10)17(22)18-14-7-6-12-13-9-11(21)5-8-15(13)20(2)16(12)14/h5,8-10,12-16,21H,3-4,6-7H2,1-2H3,(H,18,22). The van der Waals surface area contributed by atoms with E-state index >= 15 is 0 Å². The largest absolute Gasteiger partial charge is 0.508 e. The van der Waals surface area contributed by atoms with Gasteiger partial charge in [0.05, 0.1) is 0 Å². The molecule has 22 heavy (non-hydrogen) atoms. The highest BCUT2D eigenvalue weighted by atomic mass is 16.3. The van der Waals surface area contributed by atoms with Crippen LogP contribution in [0.2, 0.25) is 0 Å². The monoisotopic (exact) mass is 303 g/mol. The van der Waals surface area contributed by atoms with E-state index in [9.17, 15) is 9.90 Å². The lowest BCUT2D eigenvalue weighted by atomic mass is 9.85. The van der Waals surface area contributed by atoms with Gasteiger partial charge in [-0.05, 0) is 50.8 Å². The Morgan fingerprint density at radius 1 is 1.36 bits per heavy atom. The summed E-state index contributed by atoms with van der Waals surface area (Å²) >= 11 is 0. The van der Waals surface area contributed by atoms with Crippen molar-refractivity contribution >= 4 is 6.03 Å². The van der Waals surface area contributed by atoms with E-state index < -0.39 is 0 Å². The van der Waals surface area contributed by atoms with Crippen LogP contribution in [0.4, 0.5) is 4.79 Å². The minimum Gasteiger partial charge on any atom is -0.508 e. The maximum absolute atomic E-state index is 12.4. The van der Waals surface area contributed by atoms with Gasteiger partial charge in [-0.15, -0.1) is 0 Å². The van der Waals surface area contributed by atoms with E-state index in [1.165, 1.54) is 0 Å². The van der Waals surface area contributed by atoms with Crippen molar-refractivity contribution in [3.8, 4) is 0 Å². The first-order valence-electron chi connectivity index (χ1n) is 8.40. The first-order valence-corrected chi connectivity index (χ1v) is 8.40. The van der Waals surface area contributed by atoms with Gasteiger partial charge in [0.2, 0.25) is 0 Å². The van der Waals surface area contributed by atoms with Crippen LogP contribution in [0.15, 0.2) is 24.0 Å². The van der Waals surface area contributed by atoms with Gasteiger partial charge in [0.25, 0.3) is 0 Å². The van der Waals surface area contributed by atoms with Gasteiger partial charge in [-0.3, -0.25) is 4.90 Å². The van der Waals surface area contributed by atoms with Crippen LogP contribution in [-0.4, -0.2) is 59.2 Å². The SMILES string of the molecule is CN(C(=O)NC1CCC2C3C=C(O)C=CC3N(C)C12)C1CC1. The van der Waals surface area contributed by atoms with E-state index in [1.54, 1.807) is 6.08 Å². The molecule has 4 aliphatic rings. The highest BCUT2D eigenvalue weighted by Gasteiger charge is 2.52. The van der Waals surface area contributed by atoms with Crippen LogP contribution < -0.4 is 5.32 Å². The summed E-state index contributed by atoms with van der Waals surface area (Å²) in [5, 5.41) is 13.1. The predicted molar refractivity (Wildman–Crippen MR) is 84.5 cm³/mol. The Balaban J connectivity index is 1.48. The van der Waals surface area contributed by atoms with Crippen molar-refractivity contribution in [1.29, 1.82) is 0 Å². The zero-order valence-electron chi connectivity index (χ0n) is 13.3. The Morgan fingerprint density at radius 2 is 2.14 bits per heavy atom. The summed E-state index contributed by atoms with van der Waals surface area (Å²) in [6.45, 7) is 0. The molecule has 4 rings (SSSR count). The van der Waals surface area contributed by atoms with Crippen molar-refractivity contribution in [2.24, 2.45) is 11.8 Å². The van der Waals surface area contributed by atoms with Crippen molar-refractivity contribution in [3.05, 3.63) is 24.0 Å². The molecule has 3 aliphatic carbocycles. The van der Waals surface area contributed by atoms with Gasteiger partial charge in [0, 0.05) is 37.1 Å². The van der Waals surface area contributed by atoms with Crippen LogP contribution in [0.5, 0.6) is 0 Å². The highest BCUT2D eigenvalue weighted by molar-refractivity contribution is 5.75. The van der Waals surface area contributed by atoms with Crippen molar-refractivity contribution < 1.29 is 9.90 Å². The number of aliphatic hydroxyl groups excluding tert-OH is 1. The summed E-state index contributed by atoms with van der Waals surface area (Å²) in [7, 11) is 4.05. The van der Waals surface area contributed by atoms with Crippen LogP contribution in [0.3, 0.4) is 0 Å². The Hall–Kier alpha value is -1.49. The van der Waals surface area contributed by atoms with Crippen molar-refractivity contribution in [2.75, 3.05) is 14.1 Å². The summed E-state index contributed by atoms with van der Waals surface area (Å²) in [5.41, 5.74) is 0. The predicted octanol–water partition coefficient (Wildman–Crippen LogP) is 1.88. The van der Waals surface area contributed by atoms with Gasteiger partial charge >= 0.3 is 6.03 Å².